The van der Waals surface area contributed by atoms with E-state index in [1.54, 1.807) is 19.2 Å². The number of nitrogens with one attached hydrogen (secondary N) is 1. The van der Waals surface area contributed by atoms with Crippen LogP contribution in [0.25, 0.3) is 0 Å². The van der Waals surface area contributed by atoms with Gasteiger partial charge >= 0.3 is 0 Å². The summed E-state index contributed by atoms with van der Waals surface area (Å²) in [5, 5.41) is 2.60. The highest BCUT2D eigenvalue weighted by Gasteiger charge is 2.33. The van der Waals surface area contributed by atoms with Crippen LogP contribution in [0.1, 0.15) is 42.6 Å². The third kappa shape index (κ3) is 3.38. The highest BCUT2D eigenvalue weighted by Crippen LogP contribution is 2.29. The molecule has 0 atom stereocenters. The van der Waals surface area contributed by atoms with Gasteiger partial charge in [-0.15, -0.1) is 0 Å². The predicted octanol–water partition coefficient (Wildman–Crippen LogP) is 2.19. The summed E-state index contributed by atoms with van der Waals surface area (Å²) in [5.74, 6) is 0.150. The van der Waals surface area contributed by atoms with Gasteiger partial charge < -0.3 is 10.2 Å². The van der Waals surface area contributed by atoms with Gasteiger partial charge in [0, 0.05) is 31.1 Å². The molecule has 1 aromatic rings. The lowest BCUT2D eigenvalue weighted by molar-refractivity contribution is -0.135. The van der Waals surface area contributed by atoms with Crippen LogP contribution in [-0.4, -0.2) is 29.8 Å². The molecule has 0 unspecified atom stereocenters. The molecule has 4 nitrogen and oxygen atoms in total. The van der Waals surface area contributed by atoms with Gasteiger partial charge in [-0.2, -0.15) is 0 Å². The first-order valence-electron chi connectivity index (χ1n) is 7.14. The molecule has 0 bridgehead atoms. The van der Waals surface area contributed by atoms with Crippen molar-refractivity contribution in [3.63, 3.8) is 0 Å². The fourth-order valence-corrected chi connectivity index (χ4v) is 2.21. The van der Waals surface area contributed by atoms with E-state index in [1.807, 2.05) is 30.9 Å². The maximum absolute atomic E-state index is 12.2. The quantitative estimate of drug-likeness (QED) is 0.895. The largest absolute Gasteiger partial charge is 0.355 e. The molecule has 1 N–H and O–H groups in total. The molecule has 0 aliphatic heterocycles. The average Bonchev–Trinajstić information content (AvgIpc) is 3.28. The minimum Gasteiger partial charge on any atom is -0.355 e. The van der Waals surface area contributed by atoms with Crippen molar-refractivity contribution in [2.24, 2.45) is 5.92 Å². The summed E-state index contributed by atoms with van der Waals surface area (Å²) < 4.78 is 0. The maximum atomic E-state index is 12.2. The Balaban J connectivity index is 2.07. The van der Waals surface area contributed by atoms with E-state index in [-0.39, 0.29) is 17.7 Å². The molecular formula is C16H22N2O2. The molecule has 0 heterocycles. The van der Waals surface area contributed by atoms with Crippen LogP contribution in [0.3, 0.4) is 0 Å². The van der Waals surface area contributed by atoms with Crippen LogP contribution in [0.2, 0.25) is 0 Å². The first-order chi connectivity index (χ1) is 9.52. The van der Waals surface area contributed by atoms with Gasteiger partial charge in [-0.3, -0.25) is 9.59 Å². The maximum Gasteiger partial charge on any atom is 0.251 e. The topological polar surface area (TPSA) is 49.4 Å². The Morgan fingerprint density at radius 1 is 1.25 bits per heavy atom. The Labute approximate surface area is 120 Å². The van der Waals surface area contributed by atoms with Crippen LogP contribution in [0.15, 0.2) is 24.3 Å². The normalized spacial score (nSPS) is 14.2. The zero-order chi connectivity index (χ0) is 14.7. The second-order valence-electron chi connectivity index (χ2n) is 5.63. The second kappa shape index (κ2) is 6.07. The zero-order valence-electron chi connectivity index (χ0n) is 12.3. The van der Waals surface area contributed by atoms with E-state index in [9.17, 15) is 9.59 Å². The Morgan fingerprint density at radius 2 is 1.85 bits per heavy atom. The SMILES string of the molecule is CNC(=O)c1ccc(CN(C(=O)C(C)C)C2CC2)cc1. The van der Waals surface area contributed by atoms with Crippen LogP contribution in [0.4, 0.5) is 0 Å². The van der Waals surface area contributed by atoms with E-state index in [0.717, 1.165) is 18.4 Å². The number of nitrogens with zero attached hydrogens (tertiary/aromatic N) is 1. The molecule has 20 heavy (non-hydrogen) atoms. The molecule has 0 spiro atoms. The van der Waals surface area contributed by atoms with Gasteiger partial charge in [0.1, 0.15) is 0 Å². The monoisotopic (exact) mass is 274 g/mol. The van der Waals surface area contributed by atoms with Gasteiger partial charge in [0.05, 0.1) is 0 Å². The van der Waals surface area contributed by atoms with Crippen molar-refractivity contribution in [1.29, 1.82) is 0 Å². The summed E-state index contributed by atoms with van der Waals surface area (Å²) in [6, 6.07) is 7.86. The zero-order valence-corrected chi connectivity index (χ0v) is 12.3. The van der Waals surface area contributed by atoms with E-state index >= 15 is 0 Å². The molecule has 108 valence electrons. The van der Waals surface area contributed by atoms with Crippen LogP contribution in [0.5, 0.6) is 0 Å². The van der Waals surface area contributed by atoms with E-state index in [1.165, 1.54) is 0 Å². The van der Waals surface area contributed by atoms with Crippen molar-refractivity contribution in [2.75, 3.05) is 7.05 Å². The number of carbonyl (C=O) groups is 2. The third-order valence-corrected chi connectivity index (χ3v) is 3.56. The number of hydrogen-bond acceptors (Lipinski definition) is 2. The van der Waals surface area contributed by atoms with E-state index in [0.29, 0.717) is 18.2 Å². The van der Waals surface area contributed by atoms with Crippen molar-refractivity contribution < 1.29 is 9.59 Å². The van der Waals surface area contributed by atoms with Crippen molar-refractivity contribution in [3.8, 4) is 0 Å². The van der Waals surface area contributed by atoms with Crippen LogP contribution < -0.4 is 5.32 Å². The smallest absolute Gasteiger partial charge is 0.251 e. The lowest BCUT2D eigenvalue weighted by Crippen LogP contribution is -2.35. The van der Waals surface area contributed by atoms with E-state index in [2.05, 4.69) is 5.32 Å². The first kappa shape index (κ1) is 14.6. The molecule has 2 amide bonds. The molecule has 0 radical (unpaired) electrons. The van der Waals surface area contributed by atoms with Crippen molar-refractivity contribution in [1.82, 2.24) is 10.2 Å². The number of benzene rings is 1. The average molecular weight is 274 g/mol. The summed E-state index contributed by atoms with van der Waals surface area (Å²) in [6.45, 7) is 4.51. The Hall–Kier alpha value is -1.84. The Bertz CT molecular complexity index is 490. The molecule has 1 aliphatic rings. The lowest BCUT2D eigenvalue weighted by Gasteiger charge is -2.24. The van der Waals surface area contributed by atoms with Crippen molar-refractivity contribution >= 4 is 11.8 Å². The fraction of sp³-hybridized carbons (Fsp3) is 0.500. The van der Waals surface area contributed by atoms with Crippen LogP contribution in [-0.2, 0) is 11.3 Å². The van der Waals surface area contributed by atoms with Crippen LogP contribution in [0, 0.1) is 5.92 Å². The molecule has 0 saturated heterocycles. The van der Waals surface area contributed by atoms with Gasteiger partial charge in [-0.25, -0.2) is 0 Å². The molecule has 1 aliphatic carbocycles. The number of carbonyl (C=O) groups excluding carboxylic acids is 2. The first-order valence-corrected chi connectivity index (χ1v) is 7.14. The molecule has 1 fully saturated rings. The van der Waals surface area contributed by atoms with Crippen molar-refractivity contribution in [2.45, 2.75) is 39.3 Å². The number of hydrogen-bond donors (Lipinski definition) is 1. The van der Waals surface area contributed by atoms with Crippen LogP contribution >= 0.6 is 0 Å². The summed E-state index contributed by atoms with van der Waals surface area (Å²) in [7, 11) is 1.62. The van der Waals surface area contributed by atoms with Gasteiger partial charge in [0.25, 0.3) is 5.91 Å². The highest BCUT2D eigenvalue weighted by atomic mass is 16.2. The fourth-order valence-electron chi connectivity index (χ4n) is 2.21. The van der Waals surface area contributed by atoms with Gasteiger partial charge in [-0.1, -0.05) is 26.0 Å². The summed E-state index contributed by atoms with van der Waals surface area (Å²) >= 11 is 0. The predicted molar refractivity (Wildman–Crippen MR) is 78.2 cm³/mol. The number of rotatable bonds is 5. The van der Waals surface area contributed by atoms with E-state index in [4.69, 9.17) is 0 Å². The molecule has 2 rings (SSSR count). The highest BCUT2D eigenvalue weighted by molar-refractivity contribution is 5.93. The Morgan fingerprint density at radius 3 is 2.30 bits per heavy atom. The second-order valence-corrected chi connectivity index (χ2v) is 5.63. The lowest BCUT2D eigenvalue weighted by atomic mass is 10.1. The summed E-state index contributed by atoms with van der Waals surface area (Å²) in [5.41, 5.74) is 1.71. The summed E-state index contributed by atoms with van der Waals surface area (Å²) in [6.07, 6.45) is 2.21. The van der Waals surface area contributed by atoms with Gasteiger partial charge in [-0.05, 0) is 30.5 Å². The van der Waals surface area contributed by atoms with E-state index < -0.39 is 0 Å². The summed E-state index contributed by atoms with van der Waals surface area (Å²) in [4.78, 5) is 25.7. The molecule has 1 aromatic carbocycles. The molecule has 1 saturated carbocycles. The molecule has 4 heteroatoms. The van der Waals surface area contributed by atoms with Gasteiger partial charge in [0.15, 0.2) is 0 Å². The Kier molecular flexibility index (Phi) is 4.42. The minimum atomic E-state index is -0.0890. The standard InChI is InChI=1S/C16H22N2O2/c1-11(2)16(20)18(14-8-9-14)10-12-4-6-13(7-5-12)15(19)17-3/h4-7,11,14H,8-10H2,1-3H3,(H,17,19). The third-order valence-electron chi connectivity index (χ3n) is 3.56. The van der Waals surface area contributed by atoms with Gasteiger partial charge in [0.2, 0.25) is 5.91 Å². The number of amides is 2. The molecular weight excluding hydrogens is 252 g/mol. The molecule has 0 aromatic heterocycles. The minimum absolute atomic E-state index is 0.0285. The van der Waals surface area contributed by atoms with Crippen molar-refractivity contribution in [3.05, 3.63) is 35.4 Å².